The number of benzene rings is 1. The van der Waals surface area contributed by atoms with Crippen LogP contribution in [-0.4, -0.2) is 17.0 Å². The highest BCUT2D eigenvalue weighted by atomic mass is 79.9. The lowest BCUT2D eigenvalue weighted by Crippen LogP contribution is -2.37. The summed E-state index contributed by atoms with van der Waals surface area (Å²) in [5.74, 6) is 0.492. The zero-order chi connectivity index (χ0) is 15.2. The first-order valence-electron chi connectivity index (χ1n) is 6.69. The fourth-order valence-electron chi connectivity index (χ4n) is 1.85. The van der Waals surface area contributed by atoms with Gasteiger partial charge in [-0.05, 0) is 59.6 Å². The van der Waals surface area contributed by atoms with Crippen molar-refractivity contribution in [2.45, 2.75) is 26.0 Å². The molecule has 0 fully saturated rings. The van der Waals surface area contributed by atoms with E-state index in [9.17, 15) is 4.79 Å². The van der Waals surface area contributed by atoms with Gasteiger partial charge in [-0.25, -0.2) is 0 Å². The van der Waals surface area contributed by atoms with E-state index < -0.39 is 6.10 Å². The van der Waals surface area contributed by atoms with Gasteiger partial charge in [0.2, 0.25) is 0 Å². The van der Waals surface area contributed by atoms with Gasteiger partial charge in [-0.15, -0.1) is 0 Å². The number of nitrogens with one attached hydrogen (secondary N) is 1. The molecule has 0 radical (unpaired) electrons. The largest absolute Gasteiger partial charge is 0.480 e. The van der Waals surface area contributed by atoms with E-state index in [1.54, 1.807) is 19.3 Å². The van der Waals surface area contributed by atoms with E-state index in [2.05, 4.69) is 26.2 Å². The van der Waals surface area contributed by atoms with Crippen molar-refractivity contribution in [2.24, 2.45) is 0 Å². The Hall–Kier alpha value is -1.88. The summed E-state index contributed by atoms with van der Waals surface area (Å²) in [6.07, 6.45) is 2.84. The molecule has 0 saturated carbocycles. The number of pyridine rings is 1. The maximum absolute atomic E-state index is 12.2. The first kappa shape index (κ1) is 15.5. The van der Waals surface area contributed by atoms with Crippen molar-refractivity contribution in [3.8, 4) is 5.75 Å². The van der Waals surface area contributed by atoms with Crippen molar-refractivity contribution in [1.29, 1.82) is 0 Å². The molecule has 21 heavy (non-hydrogen) atoms. The van der Waals surface area contributed by atoms with Crippen molar-refractivity contribution < 1.29 is 9.53 Å². The SMILES string of the molecule is C[C@H](Oc1ccccc1Br)C(=O)N[C@@H](C)c1ccncc1. The number of amides is 1. The van der Waals surface area contributed by atoms with Crippen LogP contribution in [0.2, 0.25) is 0 Å². The third kappa shape index (κ3) is 4.29. The van der Waals surface area contributed by atoms with Crippen LogP contribution in [0.5, 0.6) is 5.75 Å². The van der Waals surface area contributed by atoms with Crippen LogP contribution in [0.3, 0.4) is 0 Å². The van der Waals surface area contributed by atoms with Gasteiger partial charge in [-0.3, -0.25) is 9.78 Å². The molecule has 2 atom stereocenters. The third-order valence-corrected chi connectivity index (χ3v) is 3.73. The second-order valence-corrected chi connectivity index (χ2v) is 5.56. The lowest BCUT2D eigenvalue weighted by molar-refractivity contribution is -0.127. The summed E-state index contributed by atoms with van der Waals surface area (Å²) in [5.41, 5.74) is 1.01. The van der Waals surface area contributed by atoms with Crippen LogP contribution in [0, 0.1) is 0 Å². The van der Waals surface area contributed by atoms with E-state index in [1.807, 2.05) is 43.3 Å². The van der Waals surface area contributed by atoms with Crippen molar-refractivity contribution in [3.63, 3.8) is 0 Å². The second-order valence-electron chi connectivity index (χ2n) is 4.70. The Labute approximate surface area is 132 Å². The highest BCUT2D eigenvalue weighted by Crippen LogP contribution is 2.25. The summed E-state index contributed by atoms with van der Waals surface area (Å²) < 4.78 is 6.50. The molecule has 1 heterocycles. The van der Waals surface area contributed by atoms with Gasteiger partial charge in [0.05, 0.1) is 10.5 Å². The van der Waals surface area contributed by atoms with Crippen LogP contribution in [0.4, 0.5) is 0 Å². The highest BCUT2D eigenvalue weighted by Gasteiger charge is 2.18. The zero-order valence-electron chi connectivity index (χ0n) is 11.9. The van der Waals surface area contributed by atoms with Gasteiger partial charge >= 0.3 is 0 Å². The molecule has 0 saturated heterocycles. The van der Waals surface area contributed by atoms with Crippen LogP contribution in [0.15, 0.2) is 53.3 Å². The molecule has 0 unspecified atom stereocenters. The molecule has 1 amide bonds. The van der Waals surface area contributed by atoms with Crippen molar-refractivity contribution >= 4 is 21.8 Å². The molecule has 2 aromatic rings. The van der Waals surface area contributed by atoms with Gasteiger partial charge < -0.3 is 10.1 Å². The van der Waals surface area contributed by atoms with Crippen LogP contribution >= 0.6 is 15.9 Å². The number of aromatic nitrogens is 1. The molecule has 0 bridgehead atoms. The van der Waals surface area contributed by atoms with Crippen LogP contribution in [-0.2, 0) is 4.79 Å². The van der Waals surface area contributed by atoms with Gasteiger partial charge in [-0.1, -0.05) is 12.1 Å². The molecule has 0 aliphatic rings. The Bertz CT molecular complexity index is 604. The number of ether oxygens (including phenoxy) is 1. The predicted octanol–water partition coefficient (Wildman–Crippen LogP) is 3.49. The van der Waals surface area contributed by atoms with Gasteiger partial charge in [0.25, 0.3) is 5.91 Å². The van der Waals surface area contributed by atoms with E-state index in [4.69, 9.17) is 4.74 Å². The summed E-state index contributed by atoms with van der Waals surface area (Å²) in [7, 11) is 0. The molecule has 4 nitrogen and oxygen atoms in total. The van der Waals surface area contributed by atoms with Crippen molar-refractivity contribution in [3.05, 3.63) is 58.8 Å². The number of hydrogen-bond donors (Lipinski definition) is 1. The summed E-state index contributed by atoms with van der Waals surface area (Å²) >= 11 is 3.40. The lowest BCUT2D eigenvalue weighted by atomic mass is 10.1. The Balaban J connectivity index is 1.95. The maximum atomic E-state index is 12.2. The predicted molar refractivity (Wildman–Crippen MR) is 85.0 cm³/mol. The topological polar surface area (TPSA) is 51.2 Å². The fraction of sp³-hybridized carbons (Fsp3) is 0.250. The molecule has 110 valence electrons. The molecule has 0 spiro atoms. The van der Waals surface area contributed by atoms with Crippen molar-refractivity contribution in [1.82, 2.24) is 10.3 Å². The zero-order valence-corrected chi connectivity index (χ0v) is 13.5. The van der Waals surface area contributed by atoms with Gasteiger partial charge in [0.1, 0.15) is 5.75 Å². The smallest absolute Gasteiger partial charge is 0.261 e. The Morgan fingerprint density at radius 2 is 1.86 bits per heavy atom. The molecule has 1 aromatic carbocycles. The molecule has 1 aromatic heterocycles. The minimum Gasteiger partial charge on any atom is -0.480 e. The van der Waals surface area contributed by atoms with Crippen molar-refractivity contribution in [2.75, 3.05) is 0 Å². The fourth-order valence-corrected chi connectivity index (χ4v) is 2.23. The van der Waals surface area contributed by atoms with Gasteiger partial charge in [-0.2, -0.15) is 0 Å². The number of rotatable bonds is 5. The summed E-state index contributed by atoms with van der Waals surface area (Å²) in [5, 5.41) is 2.93. The van der Waals surface area contributed by atoms with E-state index in [0.717, 1.165) is 10.0 Å². The quantitative estimate of drug-likeness (QED) is 0.899. The number of halogens is 1. The standard InChI is InChI=1S/C16H17BrN2O2/c1-11(13-7-9-18-10-8-13)19-16(20)12(2)21-15-6-4-3-5-14(15)17/h3-12H,1-2H3,(H,19,20)/t11-,12-/m0/s1. The van der Waals surface area contributed by atoms with Gasteiger partial charge in [0, 0.05) is 12.4 Å². The van der Waals surface area contributed by atoms with E-state index in [-0.39, 0.29) is 11.9 Å². The average Bonchev–Trinajstić information content (AvgIpc) is 2.50. The molecule has 5 heteroatoms. The van der Waals surface area contributed by atoms with Crippen LogP contribution in [0.1, 0.15) is 25.5 Å². The summed E-state index contributed by atoms with van der Waals surface area (Å²) in [6.45, 7) is 3.66. The molecule has 1 N–H and O–H groups in total. The minimum atomic E-state index is -0.576. The molecular formula is C16H17BrN2O2. The van der Waals surface area contributed by atoms with E-state index in [1.165, 1.54) is 0 Å². The monoisotopic (exact) mass is 348 g/mol. The second kappa shape index (κ2) is 7.22. The highest BCUT2D eigenvalue weighted by molar-refractivity contribution is 9.10. The Morgan fingerprint density at radius 1 is 1.19 bits per heavy atom. The van der Waals surface area contributed by atoms with E-state index in [0.29, 0.717) is 5.75 Å². The number of nitrogens with zero attached hydrogens (tertiary/aromatic N) is 1. The van der Waals surface area contributed by atoms with Gasteiger partial charge in [0.15, 0.2) is 6.10 Å². The number of carbonyl (C=O) groups is 1. The first-order chi connectivity index (χ1) is 10.1. The minimum absolute atomic E-state index is 0.0919. The molecule has 2 rings (SSSR count). The molecule has 0 aliphatic carbocycles. The normalized spacial score (nSPS) is 13.3. The number of para-hydroxylation sites is 1. The first-order valence-corrected chi connectivity index (χ1v) is 7.48. The third-order valence-electron chi connectivity index (χ3n) is 3.07. The van der Waals surface area contributed by atoms with Crippen LogP contribution < -0.4 is 10.1 Å². The maximum Gasteiger partial charge on any atom is 0.261 e. The number of carbonyl (C=O) groups excluding carboxylic acids is 1. The van der Waals surface area contributed by atoms with E-state index >= 15 is 0 Å². The Kier molecular flexibility index (Phi) is 5.33. The summed E-state index contributed by atoms with van der Waals surface area (Å²) in [4.78, 5) is 16.1. The number of hydrogen-bond acceptors (Lipinski definition) is 3. The molecular weight excluding hydrogens is 332 g/mol. The Morgan fingerprint density at radius 3 is 2.52 bits per heavy atom. The molecule has 0 aliphatic heterocycles. The van der Waals surface area contributed by atoms with Crippen LogP contribution in [0.25, 0.3) is 0 Å². The summed E-state index contributed by atoms with van der Waals surface area (Å²) in [6, 6.07) is 11.1. The lowest BCUT2D eigenvalue weighted by Gasteiger charge is -2.19. The average molecular weight is 349 g/mol.